The van der Waals surface area contributed by atoms with Crippen molar-refractivity contribution in [1.82, 2.24) is 29.7 Å². The Balaban J connectivity index is 0.000000133. The van der Waals surface area contributed by atoms with Crippen molar-refractivity contribution < 1.29 is 14.4 Å². The third-order valence-electron chi connectivity index (χ3n) is 13.1. The predicted molar refractivity (Wildman–Crippen MR) is 248 cm³/mol. The van der Waals surface area contributed by atoms with E-state index in [1.165, 1.54) is 59.1 Å². The van der Waals surface area contributed by atoms with Crippen molar-refractivity contribution in [2.24, 2.45) is 23.7 Å². The SMILES string of the molecule is C1=CC2C(Cc3cccnc3)CC1CN2CCc1c[nH]c2ccccc12.C1=CC2C(Cc3cccnc3)CC1CN2Cc1ccccc1.O=C=O.O=CCc1c[nH]c2ccccc12. The fourth-order valence-corrected chi connectivity index (χ4v) is 10.3. The number of aromatic nitrogens is 4. The molecule has 7 aromatic rings. The number of aromatic amines is 2. The molecule has 2 saturated heterocycles. The highest BCUT2D eigenvalue weighted by atomic mass is 16.2. The average molecular weight is 837 g/mol. The van der Waals surface area contributed by atoms with Crippen LogP contribution in [0, 0.1) is 23.7 Å². The second kappa shape index (κ2) is 21.5. The fourth-order valence-electron chi connectivity index (χ4n) is 10.3. The first-order valence-electron chi connectivity index (χ1n) is 22.3. The van der Waals surface area contributed by atoms with Crippen LogP contribution in [0.2, 0.25) is 0 Å². The molecular weight excluding hydrogens is 781 g/mol. The van der Waals surface area contributed by atoms with E-state index in [0.717, 1.165) is 66.9 Å². The predicted octanol–water partition coefficient (Wildman–Crippen LogP) is 9.25. The lowest BCUT2D eigenvalue weighted by Crippen LogP contribution is -2.51. The van der Waals surface area contributed by atoms with E-state index in [1.807, 2.05) is 61.3 Å². The Bertz CT molecular complexity index is 2550. The number of para-hydroxylation sites is 2. The molecule has 63 heavy (non-hydrogen) atoms. The van der Waals surface area contributed by atoms with Crippen molar-refractivity contribution in [3.05, 3.63) is 192 Å². The number of aldehydes is 1. The quantitative estimate of drug-likeness (QED) is 0.0987. The van der Waals surface area contributed by atoms with Crippen LogP contribution in [-0.4, -0.2) is 73.9 Å². The van der Waals surface area contributed by atoms with Gasteiger partial charge in [-0.2, -0.15) is 9.59 Å². The number of nitrogens with zero attached hydrogens (tertiary/aromatic N) is 4. The smallest absolute Gasteiger partial charge is 0.361 e. The van der Waals surface area contributed by atoms with Crippen LogP contribution in [-0.2, 0) is 46.6 Å². The minimum atomic E-state index is 0.250. The zero-order valence-electron chi connectivity index (χ0n) is 35.7. The van der Waals surface area contributed by atoms with Crippen LogP contribution in [0.25, 0.3) is 21.8 Å². The minimum absolute atomic E-state index is 0.250. The van der Waals surface area contributed by atoms with Crippen LogP contribution in [0.3, 0.4) is 0 Å². The first kappa shape index (κ1) is 43.2. The van der Waals surface area contributed by atoms with Crippen LogP contribution in [0.4, 0.5) is 0 Å². The van der Waals surface area contributed by atoms with Gasteiger partial charge in [0, 0.05) is 104 Å². The molecule has 320 valence electrons. The molecule has 3 aromatic carbocycles. The number of carbonyl (C=O) groups is 1. The van der Waals surface area contributed by atoms with E-state index in [0.29, 0.717) is 30.3 Å². The van der Waals surface area contributed by atoms with E-state index in [4.69, 9.17) is 9.59 Å². The van der Waals surface area contributed by atoms with Gasteiger partial charge in [0.05, 0.1) is 0 Å². The average Bonchev–Trinajstić information content (AvgIpc) is 3.95. The van der Waals surface area contributed by atoms with Crippen LogP contribution in [0.15, 0.2) is 165 Å². The molecule has 6 aliphatic rings. The van der Waals surface area contributed by atoms with E-state index in [2.05, 4.69) is 133 Å². The number of H-pyrrole nitrogens is 2. The van der Waals surface area contributed by atoms with E-state index in [1.54, 1.807) is 0 Å². The van der Waals surface area contributed by atoms with Gasteiger partial charge in [-0.1, -0.05) is 103 Å². The first-order chi connectivity index (χ1) is 31.1. The van der Waals surface area contributed by atoms with Crippen molar-refractivity contribution in [2.75, 3.05) is 19.6 Å². The van der Waals surface area contributed by atoms with Gasteiger partial charge >= 0.3 is 6.15 Å². The van der Waals surface area contributed by atoms with Crippen LogP contribution in [0.5, 0.6) is 0 Å². The molecule has 9 heteroatoms. The van der Waals surface area contributed by atoms with Crippen LogP contribution < -0.4 is 0 Å². The normalized spacial score (nSPS) is 22.0. The molecule has 2 N–H and O–H groups in total. The summed E-state index contributed by atoms with van der Waals surface area (Å²) in [5.74, 6) is 2.86. The zero-order chi connectivity index (χ0) is 43.2. The lowest BCUT2D eigenvalue weighted by atomic mass is 9.75. The summed E-state index contributed by atoms with van der Waals surface area (Å²) in [4.78, 5) is 47.0. The monoisotopic (exact) mass is 836 g/mol. The highest BCUT2D eigenvalue weighted by Gasteiger charge is 2.38. The molecule has 2 aliphatic carbocycles. The van der Waals surface area contributed by atoms with Gasteiger partial charge in [0.2, 0.25) is 0 Å². The van der Waals surface area contributed by atoms with Gasteiger partial charge < -0.3 is 14.8 Å². The van der Waals surface area contributed by atoms with Gasteiger partial charge in [0.15, 0.2) is 0 Å². The second-order valence-electron chi connectivity index (χ2n) is 17.2. The molecule has 9 nitrogen and oxygen atoms in total. The Labute approximate surface area is 370 Å². The zero-order valence-corrected chi connectivity index (χ0v) is 35.7. The second-order valence-corrected chi connectivity index (χ2v) is 17.2. The topological polar surface area (TPSA) is 115 Å². The molecule has 8 heterocycles. The molecule has 0 radical (unpaired) electrons. The summed E-state index contributed by atoms with van der Waals surface area (Å²) in [5.41, 5.74) is 9.01. The molecule has 0 saturated carbocycles. The maximum atomic E-state index is 10.3. The molecule has 2 fully saturated rings. The molecule has 4 aliphatic heterocycles. The number of carbonyl (C=O) groups excluding carboxylic acids is 3. The number of piperidine rings is 2. The van der Waals surface area contributed by atoms with E-state index >= 15 is 0 Å². The molecule has 4 aromatic heterocycles. The number of hydrogen-bond donors (Lipinski definition) is 2. The van der Waals surface area contributed by atoms with E-state index < -0.39 is 0 Å². The number of nitrogens with one attached hydrogen (secondary N) is 2. The molecule has 0 spiro atoms. The minimum Gasteiger partial charge on any atom is -0.361 e. The Morgan fingerprint density at radius 2 is 1.11 bits per heavy atom. The van der Waals surface area contributed by atoms with Crippen molar-refractivity contribution in [3.63, 3.8) is 0 Å². The van der Waals surface area contributed by atoms with Gasteiger partial charge in [0.25, 0.3) is 0 Å². The molecule has 4 bridgehead atoms. The third kappa shape index (κ3) is 11.1. The maximum absolute atomic E-state index is 10.3. The molecular formula is C54H56N6O3. The van der Waals surface area contributed by atoms with Crippen LogP contribution >= 0.6 is 0 Å². The van der Waals surface area contributed by atoms with E-state index in [-0.39, 0.29) is 6.15 Å². The number of rotatable bonds is 11. The van der Waals surface area contributed by atoms with Crippen molar-refractivity contribution >= 4 is 34.2 Å². The molecule has 6 unspecified atom stereocenters. The highest BCUT2D eigenvalue weighted by molar-refractivity contribution is 5.85. The van der Waals surface area contributed by atoms with Crippen molar-refractivity contribution in [1.29, 1.82) is 0 Å². The van der Waals surface area contributed by atoms with Gasteiger partial charge in [0.1, 0.15) is 6.29 Å². The Hall–Kier alpha value is -6.51. The fraction of sp³-hybridized carbons (Fsp3) is 0.296. The summed E-state index contributed by atoms with van der Waals surface area (Å²) in [7, 11) is 0. The van der Waals surface area contributed by atoms with Crippen molar-refractivity contribution in [3.8, 4) is 0 Å². The van der Waals surface area contributed by atoms with Gasteiger partial charge in [-0.15, -0.1) is 0 Å². The lowest BCUT2D eigenvalue weighted by molar-refractivity contribution is -0.191. The summed E-state index contributed by atoms with van der Waals surface area (Å²) in [6.07, 6.45) is 29.4. The van der Waals surface area contributed by atoms with Crippen molar-refractivity contribution in [2.45, 2.75) is 57.2 Å². The molecule has 0 amide bonds. The summed E-state index contributed by atoms with van der Waals surface area (Å²) >= 11 is 0. The highest BCUT2D eigenvalue weighted by Crippen LogP contribution is 2.38. The summed E-state index contributed by atoms with van der Waals surface area (Å²) in [6, 6.07) is 37.1. The molecule has 13 rings (SSSR count). The molecule has 6 atom stereocenters. The number of hydrogen-bond acceptors (Lipinski definition) is 7. The number of fused-ring (bicyclic) bond motifs is 6. The summed E-state index contributed by atoms with van der Waals surface area (Å²) in [5, 5.41) is 2.52. The maximum Gasteiger partial charge on any atom is 0.373 e. The number of pyridine rings is 2. The first-order valence-corrected chi connectivity index (χ1v) is 22.3. The largest absolute Gasteiger partial charge is 0.373 e. The standard InChI is InChI=1S/C23H25N3.C20H22N2.C10H9NO.CO2/c1-2-6-22-21(5-1)19(15-25-22)9-11-26-16-18-7-8-23(26)20(13-18)12-17-4-3-10-24-14-17;1-2-5-16(6-3-1)14-22-15-18-8-9-20(22)19(12-18)11-17-7-4-10-21-13-17;12-6-5-8-7-11-10-4-2-1-3-9(8)10;2-1-3/h1-8,10,14-15,18,20,23,25H,9,11-13,16H2;1-10,13,18-20H,11-12,14-15H2;1-4,6-7,11H,5H2;. The Morgan fingerprint density at radius 1 is 0.603 bits per heavy atom. The third-order valence-corrected chi connectivity index (χ3v) is 13.1. The van der Waals surface area contributed by atoms with Crippen LogP contribution in [0.1, 0.15) is 40.7 Å². The van der Waals surface area contributed by atoms with E-state index in [9.17, 15) is 4.79 Å². The number of benzene rings is 3. The summed E-state index contributed by atoms with van der Waals surface area (Å²) < 4.78 is 0. The Morgan fingerprint density at radius 3 is 1.67 bits per heavy atom. The van der Waals surface area contributed by atoms with Gasteiger partial charge in [-0.25, -0.2) is 0 Å². The Kier molecular flexibility index (Phi) is 14.7. The van der Waals surface area contributed by atoms with Gasteiger partial charge in [-0.05, 0) is 108 Å². The van der Waals surface area contributed by atoms with Gasteiger partial charge in [-0.3, -0.25) is 19.8 Å². The summed E-state index contributed by atoms with van der Waals surface area (Å²) in [6.45, 7) is 4.62. The lowest BCUT2D eigenvalue weighted by Gasteiger charge is -2.46.